The van der Waals surface area contributed by atoms with Crippen LogP contribution in [0.25, 0.3) is 10.9 Å². The number of aryl methyl sites for hydroxylation is 1. The summed E-state index contributed by atoms with van der Waals surface area (Å²) in [5.74, 6) is 1.28. The molecule has 2 unspecified atom stereocenters. The van der Waals surface area contributed by atoms with Crippen molar-refractivity contribution in [2.24, 2.45) is 11.8 Å². The maximum absolute atomic E-state index is 12.4. The number of fused-ring (bicyclic) bond motifs is 1. The Kier molecular flexibility index (Phi) is 6.13. The lowest BCUT2D eigenvalue weighted by Gasteiger charge is -2.45. The first-order valence-corrected chi connectivity index (χ1v) is 10.1. The summed E-state index contributed by atoms with van der Waals surface area (Å²) < 4.78 is 1.26. The molecule has 1 aromatic carbocycles. The molecule has 7 nitrogen and oxygen atoms in total. The molecule has 2 atom stereocenters. The zero-order chi connectivity index (χ0) is 20.3. The first-order chi connectivity index (χ1) is 13.3. The van der Waals surface area contributed by atoms with Crippen molar-refractivity contribution in [3.05, 3.63) is 34.6 Å². The standard InChI is InChI=1S/C21H31N5O2/c1-15-11-16(2)13-25(12-15)21(3,4)14-22-19(27)9-10-26-20(28)17-7-5-6-8-18(17)23-24-26/h5-8,15-16H,9-14H2,1-4H3,(H,22,27). The van der Waals surface area contributed by atoms with Gasteiger partial charge in [0.2, 0.25) is 5.91 Å². The van der Waals surface area contributed by atoms with Crippen LogP contribution in [0.1, 0.15) is 40.5 Å². The lowest BCUT2D eigenvalue weighted by Crippen LogP contribution is -2.56. The fraction of sp³-hybridized carbons (Fsp3) is 0.619. The van der Waals surface area contributed by atoms with Gasteiger partial charge in [0, 0.05) is 31.6 Å². The van der Waals surface area contributed by atoms with Crippen LogP contribution in [0.5, 0.6) is 0 Å². The quantitative estimate of drug-likeness (QED) is 0.823. The van der Waals surface area contributed by atoms with Gasteiger partial charge in [-0.05, 0) is 44.2 Å². The molecule has 1 aliphatic rings. The number of nitrogens with zero attached hydrogens (tertiary/aromatic N) is 4. The zero-order valence-corrected chi connectivity index (χ0v) is 17.3. The van der Waals surface area contributed by atoms with Crippen molar-refractivity contribution in [3.63, 3.8) is 0 Å². The average Bonchev–Trinajstić information content (AvgIpc) is 2.65. The molecule has 0 aliphatic carbocycles. The van der Waals surface area contributed by atoms with Crippen LogP contribution in [0, 0.1) is 11.8 Å². The molecule has 0 radical (unpaired) electrons. The second-order valence-corrected chi connectivity index (χ2v) is 8.83. The van der Waals surface area contributed by atoms with E-state index in [0.717, 1.165) is 13.1 Å². The molecule has 1 aliphatic heterocycles. The van der Waals surface area contributed by atoms with E-state index in [-0.39, 0.29) is 30.0 Å². The summed E-state index contributed by atoms with van der Waals surface area (Å²) in [7, 11) is 0. The van der Waals surface area contributed by atoms with Crippen molar-refractivity contribution in [2.75, 3.05) is 19.6 Å². The number of aromatic nitrogens is 3. The molecule has 7 heteroatoms. The number of carbonyl (C=O) groups excluding carboxylic acids is 1. The molecule has 152 valence electrons. The van der Waals surface area contributed by atoms with Crippen LogP contribution in [0.3, 0.4) is 0 Å². The predicted molar refractivity (Wildman–Crippen MR) is 110 cm³/mol. The summed E-state index contributed by atoms with van der Waals surface area (Å²) in [5, 5.41) is 11.6. The van der Waals surface area contributed by atoms with Crippen molar-refractivity contribution < 1.29 is 4.79 Å². The van der Waals surface area contributed by atoms with Crippen LogP contribution >= 0.6 is 0 Å². The molecule has 0 saturated carbocycles. The van der Waals surface area contributed by atoms with Gasteiger partial charge in [0.1, 0.15) is 5.52 Å². The van der Waals surface area contributed by atoms with Gasteiger partial charge in [-0.1, -0.05) is 31.2 Å². The first kappa shape index (κ1) is 20.5. The van der Waals surface area contributed by atoms with Gasteiger partial charge in [0.25, 0.3) is 5.56 Å². The molecule has 0 bridgehead atoms. The van der Waals surface area contributed by atoms with Gasteiger partial charge in [-0.3, -0.25) is 14.5 Å². The monoisotopic (exact) mass is 385 g/mol. The van der Waals surface area contributed by atoms with E-state index in [0.29, 0.717) is 29.3 Å². The van der Waals surface area contributed by atoms with Gasteiger partial charge in [-0.25, -0.2) is 4.68 Å². The summed E-state index contributed by atoms with van der Waals surface area (Å²) >= 11 is 0. The molecule has 1 N–H and O–H groups in total. The smallest absolute Gasteiger partial charge is 0.277 e. The van der Waals surface area contributed by atoms with Gasteiger partial charge >= 0.3 is 0 Å². The lowest BCUT2D eigenvalue weighted by atomic mass is 9.88. The van der Waals surface area contributed by atoms with Gasteiger partial charge in [0.05, 0.1) is 11.9 Å². The Hall–Kier alpha value is -2.28. The van der Waals surface area contributed by atoms with Gasteiger partial charge in [0.15, 0.2) is 0 Å². The maximum atomic E-state index is 12.4. The topological polar surface area (TPSA) is 80.1 Å². The minimum absolute atomic E-state index is 0.0759. The average molecular weight is 386 g/mol. The highest BCUT2D eigenvalue weighted by Gasteiger charge is 2.32. The number of hydrogen-bond acceptors (Lipinski definition) is 5. The van der Waals surface area contributed by atoms with Crippen LogP contribution < -0.4 is 10.9 Å². The van der Waals surface area contributed by atoms with E-state index in [9.17, 15) is 9.59 Å². The minimum atomic E-state index is -0.213. The van der Waals surface area contributed by atoms with Crippen molar-refractivity contribution >= 4 is 16.8 Å². The van der Waals surface area contributed by atoms with Crippen molar-refractivity contribution in [1.29, 1.82) is 0 Å². The van der Waals surface area contributed by atoms with Crippen LogP contribution in [0.15, 0.2) is 29.1 Å². The zero-order valence-electron chi connectivity index (χ0n) is 17.3. The number of piperidine rings is 1. The van der Waals surface area contributed by atoms with E-state index in [1.54, 1.807) is 18.2 Å². The molecule has 1 saturated heterocycles. The molecule has 1 fully saturated rings. The third-order valence-corrected chi connectivity index (χ3v) is 5.62. The Labute approximate surface area is 166 Å². The molecule has 0 spiro atoms. The van der Waals surface area contributed by atoms with Crippen LogP contribution in [-0.2, 0) is 11.3 Å². The van der Waals surface area contributed by atoms with Crippen molar-refractivity contribution in [1.82, 2.24) is 25.2 Å². The highest BCUT2D eigenvalue weighted by molar-refractivity contribution is 5.77. The molecule has 1 amide bonds. The Morgan fingerprint density at radius 2 is 1.89 bits per heavy atom. The molecule has 3 rings (SSSR count). The number of likely N-dealkylation sites (tertiary alicyclic amines) is 1. The van der Waals surface area contributed by atoms with Crippen LogP contribution in [-0.4, -0.2) is 51.0 Å². The van der Waals surface area contributed by atoms with Gasteiger partial charge < -0.3 is 5.32 Å². The predicted octanol–water partition coefficient (Wildman–Crippen LogP) is 2.05. The van der Waals surface area contributed by atoms with E-state index >= 15 is 0 Å². The molecular formula is C21H31N5O2. The summed E-state index contributed by atoms with van der Waals surface area (Å²) in [6.07, 6.45) is 1.47. The minimum Gasteiger partial charge on any atom is -0.354 e. The number of rotatable bonds is 6. The van der Waals surface area contributed by atoms with Crippen LogP contribution in [0.2, 0.25) is 0 Å². The number of nitrogens with one attached hydrogen (secondary N) is 1. The normalized spacial score (nSPS) is 21.0. The van der Waals surface area contributed by atoms with E-state index in [4.69, 9.17) is 0 Å². The Morgan fingerprint density at radius 3 is 2.61 bits per heavy atom. The molecule has 2 aromatic rings. The summed E-state index contributed by atoms with van der Waals surface area (Å²) in [5.41, 5.74) is 0.257. The molecule has 28 heavy (non-hydrogen) atoms. The third-order valence-electron chi connectivity index (χ3n) is 5.62. The van der Waals surface area contributed by atoms with E-state index in [1.807, 2.05) is 6.07 Å². The second kappa shape index (κ2) is 8.39. The summed E-state index contributed by atoms with van der Waals surface area (Å²) in [4.78, 5) is 27.3. The van der Waals surface area contributed by atoms with Gasteiger partial charge in [-0.2, -0.15) is 0 Å². The Morgan fingerprint density at radius 1 is 1.21 bits per heavy atom. The van der Waals surface area contributed by atoms with E-state index in [2.05, 4.69) is 48.2 Å². The second-order valence-electron chi connectivity index (χ2n) is 8.83. The van der Waals surface area contributed by atoms with Crippen molar-refractivity contribution in [2.45, 2.75) is 52.6 Å². The fourth-order valence-corrected chi connectivity index (χ4v) is 4.05. The molecule has 1 aromatic heterocycles. The third kappa shape index (κ3) is 4.76. The summed E-state index contributed by atoms with van der Waals surface area (Å²) in [6.45, 7) is 11.9. The largest absolute Gasteiger partial charge is 0.354 e. The fourth-order valence-electron chi connectivity index (χ4n) is 4.05. The lowest BCUT2D eigenvalue weighted by molar-refractivity contribution is -0.122. The Bertz CT molecular complexity index is 882. The Balaban J connectivity index is 1.54. The van der Waals surface area contributed by atoms with Crippen LogP contribution in [0.4, 0.5) is 0 Å². The number of carbonyl (C=O) groups is 1. The first-order valence-electron chi connectivity index (χ1n) is 10.1. The van der Waals surface area contributed by atoms with E-state index in [1.165, 1.54) is 11.1 Å². The highest BCUT2D eigenvalue weighted by Crippen LogP contribution is 2.26. The SMILES string of the molecule is CC1CC(C)CN(C(C)(C)CNC(=O)CCn2nnc3ccccc3c2=O)C1. The van der Waals surface area contributed by atoms with E-state index < -0.39 is 0 Å². The number of hydrogen-bond donors (Lipinski definition) is 1. The highest BCUT2D eigenvalue weighted by atomic mass is 16.2. The molecule has 2 heterocycles. The number of amides is 1. The van der Waals surface area contributed by atoms with Crippen molar-refractivity contribution in [3.8, 4) is 0 Å². The number of benzene rings is 1. The summed E-state index contributed by atoms with van der Waals surface area (Å²) in [6, 6.07) is 7.10. The van der Waals surface area contributed by atoms with Gasteiger partial charge in [-0.15, -0.1) is 5.10 Å². The molecular weight excluding hydrogens is 354 g/mol. The maximum Gasteiger partial charge on any atom is 0.277 e.